The Morgan fingerprint density at radius 2 is 2.00 bits per heavy atom. The van der Waals surface area contributed by atoms with Gasteiger partial charge >= 0.3 is 5.97 Å². The molecule has 0 N–H and O–H groups in total. The van der Waals surface area contributed by atoms with Crippen LogP contribution in [0.1, 0.15) is 59.8 Å². The van der Waals surface area contributed by atoms with Crippen LogP contribution in [-0.2, 0) is 14.0 Å². The van der Waals surface area contributed by atoms with Crippen molar-refractivity contribution in [1.29, 1.82) is 0 Å². The molecule has 0 amide bonds. The summed E-state index contributed by atoms with van der Waals surface area (Å²) in [6, 6.07) is 0. The standard InChI is InChI=1S/C18H32O3Si/c1-7-20-16(19)15-13-14-11-9-8-10-12-18(14,15)21-22(5,6)17(2,3)4/h13-14H,7-12H2,1-6H3/t14-,18+/m0/s1. The lowest BCUT2D eigenvalue weighted by Gasteiger charge is -2.53. The predicted molar refractivity (Wildman–Crippen MR) is 92.3 cm³/mol. The molecule has 0 bridgehead atoms. The van der Waals surface area contributed by atoms with E-state index >= 15 is 0 Å². The first kappa shape index (κ1) is 17.7. The zero-order chi connectivity index (χ0) is 16.6. The SMILES string of the molecule is CCOC(=O)C1=C[C@@H]2CCCCC[C@]12O[Si](C)(C)C(C)(C)C. The topological polar surface area (TPSA) is 35.5 Å². The highest BCUT2D eigenvalue weighted by atomic mass is 28.4. The van der Waals surface area contributed by atoms with Gasteiger partial charge in [-0.05, 0) is 37.9 Å². The van der Waals surface area contributed by atoms with Gasteiger partial charge < -0.3 is 9.16 Å². The fraction of sp³-hybridized carbons (Fsp3) is 0.833. The molecule has 2 atom stereocenters. The molecule has 2 aliphatic carbocycles. The van der Waals surface area contributed by atoms with Gasteiger partial charge in [0.25, 0.3) is 0 Å². The van der Waals surface area contributed by atoms with Crippen LogP contribution in [0.3, 0.4) is 0 Å². The summed E-state index contributed by atoms with van der Waals surface area (Å²) in [6.45, 7) is 13.6. The van der Waals surface area contributed by atoms with E-state index in [9.17, 15) is 4.79 Å². The van der Waals surface area contributed by atoms with E-state index in [-0.39, 0.29) is 16.6 Å². The molecule has 0 saturated heterocycles. The van der Waals surface area contributed by atoms with Gasteiger partial charge in [0, 0.05) is 5.92 Å². The highest BCUT2D eigenvalue weighted by molar-refractivity contribution is 6.74. The Morgan fingerprint density at radius 3 is 2.59 bits per heavy atom. The van der Waals surface area contributed by atoms with Gasteiger partial charge in [0.1, 0.15) is 0 Å². The van der Waals surface area contributed by atoms with E-state index in [1.54, 1.807) is 0 Å². The second-order valence-electron chi connectivity index (χ2n) is 8.26. The number of fused-ring (bicyclic) bond motifs is 1. The first-order chi connectivity index (χ1) is 10.1. The Hall–Kier alpha value is -0.613. The van der Waals surface area contributed by atoms with Crippen LogP contribution in [0.15, 0.2) is 11.6 Å². The summed E-state index contributed by atoms with van der Waals surface area (Å²) in [5, 5.41) is 0.147. The van der Waals surface area contributed by atoms with E-state index in [1.165, 1.54) is 12.8 Å². The summed E-state index contributed by atoms with van der Waals surface area (Å²) in [5.41, 5.74) is 0.428. The highest BCUT2D eigenvalue weighted by Gasteiger charge is 2.56. The molecule has 3 nitrogen and oxygen atoms in total. The normalized spacial score (nSPS) is 29.0. The molecular weight excluding hydrogens is 292 g/mol. The number of carbonyl (C=O) groups excluding carboxylic acids is 1. The summed E-state index contributed by atoms with van der Waals surface area (Å²) >= 11 is 0. The third-order valence-corrected chi connectivity index (χ3v) is 10.2. The molecular formula is C18H32O3Si. The van der Waals surface area contributed by atoms with Crippen molar-refractivity contribution in [3.63, 3.8) is 0 Å². The van der Waals surface area contributed by atoms with Gasteiger partial charge in [0.05, 0.1) is 17.8 Å². The van der Waals surface area contributed by atoms with Crippen molar-refractivity contribution in [2.24, 2.45) is 5.92 Å². The smallest absolute Gasteiger partial charge is 0.336 e. The third-order valence-electron chi connectivity index (χ3n) is 5.72. The van der Waals surface area contributed by atoms with Crippen LogP contribution in [0.5, 0.6) is 0 Å². The lowest BCUT2D eigenvalue weighted by molar-refractivity contribution is -0.143. The fourth-order valence-corrected chi connectivity index (χ4v) is 4.97. The molecule has 4 heteroatoms. The lowest BCUT2D eigenvalue weighted by atomic mass is 9.67. The molecule has 0 aliphatic heterocycles. The minimum Gasteiger partial charge on any atom is -0.463 e. The lowest BCUT2D eigenvalue weighted by Crippen LogP contribution is -2.58. The summed E-state index contributed by atoms with van der Waals surface area (Å²) in [4.78, 5) is 12.4. The fourth-order valence-electron chi connectivity index (χ4n) is 3.39. The predicted octanol–water partition coefficient (Wildman–Crippen LogP) is 4.83. The maximum absolute atomic E-state index is 12.4. The zero-order valence-electron chi connectivity index (χ0n) is 15.1. The summed E-state index contributed by atoms with van der Waals surface area (Å²) in [6.07, 6.45) is 7.84. The Bertz CT molecular complexity index is 461. The van der Waals surface area contributed by atoms with Gasteiger partial charge in [-0.2, -0.15) is 0 Å². The molecule has 0 radical (unpaired) electrons. The van der Waals surface area contributed by atoms with Crippen molar-refractivity contribution in [2.45, 2.75) is 83.5 Å². The van der Waals surface area contributed by atoms with Crippen molar-refractivity contribution in [3.8, 4) is 0 Å². The first-order valence-electron chi connectivity index (χ1n) is 8.73. The highest BCUT2D eigenvalue weighted by Crippen LogP contribution is 2.53. The molecule has 1 fully saturated rings. The largest absolute Gasteiger partial charge is 0.463 e. The van der Waals surface area contributed by atoms with Crippen LogP contribution in [0.4, 0.5) is 0 Å². The molecule has 2 aliphatic rings. The minimum atomic E-state index is -1.94. The second kappa shape index (κ2) is 6.12. The van der Waals surface area contributed by atoms with Crippen LogP contribution in [0, 0.1) is 5.92 Å². The maximum atomic E-state index is 12.4. The van der Waals surface area contributed by atoms with Crippen LogP contribution in [-0.4, -0.2) is 26.5 Å². The van der Waals surface area contributed by atoms with Gasteiger partial charge in [-0.25, -0.2) is 4.79 Å². The molecule has 2 rings (SSSR count). The van der Waals surface area contributed by atoms with Crippen LogP contribution in [0.25, 0.3) is 0 Å². The monoisotopic (exact) mass is 324 g/mol. The number of hydrogen-bond acceptors (Lipinski definition) is 3. The Morgan fingerprint density at radius 1 is 1.32 bits per heavy atom. The molecule has 0 aromatic heterocycles. The van der Waals surface area contributed by atoms with Gasteiger partial charge in [-0.1, -0.05) is 46.1 Å². The number of ether oxygens (including phenoxy) is 1. The summed E-state index contributed by atoms with van der Waals surface area (Å²) in [7, 11) is -1.94. The maximum Gasteiger partial charge on any atom is 0.336 e. The number of carbonyl (C=O) groups is 1. The van der Waals surface area contributed by atoms with E-state index in [0.717, 1.165) is 24.8 Å². The minimum absolute atomic E-state index is 0.147. The average Bonchev–Trinajstić information content (AvgIpc) is 2.51. The van der Waals surface area contributed by atoms with Crippen molar-refractivity contribution >= 4 is 14.3 Å². The number of rotatable bonds is 4. The van der Waals surface area contributed by atoms with E-state index in [4.69, 9.17) is 9.16 Å². The van der Waals surface area contributed by atoms with Gasteiger partial charge in [0.15, 0.2) is 8.32 Å². The molecule has 1 saturated carbocycles. The zero-order valence-corrected chi connectivity index (χ0v) is 16.1. The van der Waals surface area contributed by atoms with Crippen molar-refractivity contribution in [1.82, 2.24) is 0 Å². The van der Waals surface area contributed by atoms with Crippen LogP contribution in [0.2, 0.25) is 18.1 Å². The second-order valence-corrected chi connectivity index (χ2v) is 13.0. The first-order valence-corrected chi connectivity index (χ1v) is 11.6. The van der Waals surface area contributed by atoms with E-state index in [2.05, 4.69) is 39.9 Å². The van der Waals surface area contributed by atoms with E-state index in [0.29, 0.717) is 12.5 Å². The van der Waals surface area contributed by atoms with Crippen molar-refractivity contribution in [2.75, 3.05) is 6.61 Å². The molecule has 22 heavy (non-hydrogen) atoms. The Kier molecular flexibility index (Phi) is 4.93. The average molecular weight is 325 g/mol. The number of esters is 1. The summed E-state index contributed by atoms with van der Waals surface area (Å²) in [5.74, 6) is 0.225. The van der Waals surface area contributed by atoms with Gasteiger partial charge in [0.2, 0.25) is 0 Å². The van der Waals surface area contributed by atoms with Crippen LogP contribution < -0.4 is 0 Å². The third kappa shape index (κ3) is 3.05. The molecule has 0 aromatic carbocycles. The Balaban J connectivity index is 2.32. The quantitative estimate of drug-likeness (QED) is 0.549. The van der Waals surface area contributed by atoms with Crippen molar-refractivity contribution < 1.29 is 14.0 Å². The van der Waals surface area contributed by atoms with Gasteiger partial charge in [-0.3, -0.25) is 0 Å². The number of hydrogen-bond donors (Lipinski definition) is 0. The van der Waals surface area contributed by atoms with Gasteiger partial charge in [-0.15, -0.1) is 0 Å². The van der Waals surface area contributed by atoms with Crippen LogP contribution >= 0.6 is 0 Å². The molecule has 0 heterocycles. The molecule has 0 aromatic rings. The summed E-state index contributed by atoms with van der Waals surface area (Å²) < 4.78 is 12.1. The van der Waals surface area contributed by atoms with E-state index < -0.39 is 8.32 Å². The molecule has 126 valence electrons. The Labute approximate surface area is 136 Å². The molecule has 0 spiro atoms. The van der Waals surface area contributed by atoms with Crippen molar-refractivity contribution in [3.05, 3.63) is 11.6 Å². The van der Waals surface area contributed by atoms with E-state index in [1.807, 2.05) is 6.92 Å². The molecule has 0 unspecified atom stereocenters.